The zero-order chi connectivity index (χ0) is 19.9. The molecule has 148 valence electrons. The van der Waals surface area contributed by atoms with Gasteiger partial charge in [-0.3, -0.25) is 9.58 Å². The molecule has 0 aliphatic carbocycles. The molecular formula is C19H19F3N4O2. The SMILES string of the molecule is CCOC(=O)c1cn(C2CN(Cc3cccc4cc[nH]c34)C2)nc1C(F)(F)F. The molecule has 0 radical (unpaired) electrons. The summed E-state index contributed by atoms with van der Waals surface area (Å²) in [5.74, 6) is -1.00. The normalized spacial score (nSPS) is 15.7. The lowest BCUT2D eigenvalue weighted by Gasteiger charge is -2.39. The van der Waals surface area contributed by atoms with Crippen LogP contribution in [0.25, 0.3) is 10.9 Å². The lowest BCUT2D eigenvalue weighted by Crippen LogP contribution is -2.47. The van der Waals surface area contributed by atoms with E-state index in [2.05, 4.69) is 15.0 Å². The summed E-state index contributed by atoms with van der Waals surface area (Å²) in [5, 5.41) is 4.77. The van der Waals surface area contributed by atoms with Crippen LogP contribution in [0.15, 0.2) is 36.7 Å². The Morgan fingerprint density at radius 1 is 1.32 bits per heavy atom. The Kier molecular flexibility index (Phi) is 4.62. The number of aromatic nitrogens is 3. The highest BCUT2D eigenvalue weighted by Crippen LogP contribution is 2.33. The molecule has 1 aromatic carbocycles. The highest BCUT2D eigenvalue weighted by molar-refractivity contribution is 5.90. The number of para-hydroxylation sites is 1. The monoisotopic (exact) mass is 392 g/mol. The average Bonchev–Trinajstić information content (AvgIpc) is 3.24. The second-order valence-corrected chi connectivity index (χ2v) is 6.80. The number of carbonyl (C=O) groups is 1. The minimum absolute atomic E-state index is 0.00278. The lowest BCUT2D eigenvalue weighted by molar-refractivity contribution is -0.142. The van der Waals surface area contributed by atoms with E-state index in [0.717, 1.165) is 22.7 Å². The molecule has 6 nitrogen and oxygen atoms in total. The third-order valence-corrected chi connectivity index (χ3v) is 4.88. The molecule has 28 heavy (non-hydrogen) atoms. The number of benzene rings is 1. The maximum atomic E-state index is 13.2. The van der Waals surface area contributed by atoms with Crippen LogP contribution in [0, 0.1) is 0 Å². The number of carbonyl (C=O) groups excluding carboxylic acids is 1. The number of ether oxygens (including phenoxy) is 1. The van der Waals surface area contributed by atoms with E-state index in [1.165, 1.54) is 4.68 Å². The highest BCUT2D eigenvalue weighted by atomic mass is 19.4. The molecule has 0 amide bonds. The van der Waals surface area contributed by atoms with Gasteiger partial charge in [0.15, 0.2) is 5.69 Å². The summed E-state index contributed by atoms with van der Waals surface area (Å²) >= 11 is 0. The number of nitrogens with one attached hydrogen (secondary N) is 1. The third kappa shape index (κ3) is 3.37. The van der Waals surface area contributed by atoms with E-state index in [0.29, 0.717) is 19.6 Å². The van der Waals surface area contributed by atoms with E-state index in [-0.39, 0.29) is 12.6 Å². The predicted molar refractivity (Wildman–Crippen MR) is 95.8 cm³/mol. The van der Waals surface area contributed by atoms with Gasteiger partial charge in [-0.1, -0.05) is 18.2 Å². The molecule has 4 rings (SSSR count). The molecule has 3 heterocycles. The van der Waals surface area contributed by atoms with Crippen molar-refractivity contribution in [1.29, 1.82) is 0 Å². The van der Waals surface area contributed by atoms with Crippen LogP contribution in [-0.2, 0) is 17.5 Å². The maximum Gasteiger partial charge on any atom is 0.436 e. The fraction of sp³-hybridized carbons (Fsp3) is 0.368. The largest absolute Gasteiger partial charge is 0.462 e. The van der Waals surface area contributed by atoms with Gasteiger partial charge in [0.1, 0.15) is 5.56 Å². The van der Waals surface area contributed by atoms with E-state index in [4.69, 9.17) is 4.74 Å². The predicted octanol–water partition coefficient (Wildman–Crippen LogP) is 3.62. The molecule has 0 saturated carbocycles. The molecule has 1 saturated heterocycles. The zero-order valence-electron chi connectivity index (χ0n) is 15.2. The van der Waals surface area contributed by atoms with Crippen molar-refractivity contribution in [3.63, 3.8) is 0 Å². The average molecular weight is 392 g/mol. The van der Waals surface area contributed by atoms with Crippen molar-refractivity contribution in [2.24, 2.45) is 0 Å². The van der Waals surface area contributed by atoms with Crippen molar-refractivity contribution in [3.8, 4) is 0 Å². The molecule has 0 atom stereocenters. The molecule has 3 aromatic rings. The van der Waals surface area contributed by atoms with Crippen LogP contribution >= 0.6 is 0 Å². The Hall–Kier alpha value is -2.81. The maximum absolute atomic E-state index is 13.2. The Bertz CT molecular complexity index is 1000. The standard InChI is InChI=1S/C19H19F3N4O2/c1-2-28-18(27)15-11-26(24-17(15)19(20,21)22)14-9-25(10-14)8-13-5-3-4-12-6-7-23-16(12)13/h3-7,11,14,23H,2,8-10H2,1H3. The van der Waals surface area contributed by atoms with E-state index in [9.17, 15) is 18.0 Å². The summed E-state index contributed by atoms with van der Waals surface area (Å²) in [6, 6.07) is 7.81. The van der Waals surface area contributed by atoms with Gasteiger partial charge in [0.25, 0.3) is 0 Å². The van der Waals surface area contributed by atoms with Crippen LogP contribution in [-0.4, -0.2) is 45.3 Å². The molecule has 0 unspecified atom stereocenters. The summed E-state index contributed by atoms with van der Waals surface area (Å²) in [5.41, 5.74) is 0.461. The molecular weight excluding hydrogens is 373 g/mol. The number of H-pyrrole nitrogens is 1. The number of nitrogens with zero attached hydrogens (tertiary/aromatic N) is 3. The molecule has 0 spiro atoms. The summed E-state index contributed by atoms with van der Waals surface area (Å²) < 4.78 is 45.7. The number of likely N-dealkylation sites (tertiary alicyclic amines) is 1. The smallest absolute Gasteiger partial charge is 0.436 e. The van der Waals surface area contributed by atoms with Gasteiger partial charge in [-0.05, 0) is 23.9 Å². The van der Waals surface area contributed by atoms with Gasteiger partial charge in [0.2, 0.25) is 0 Å². The molecule has 9 heteroatoms. The number of halogens is 3. The van der Waals surface area contributed by atoms with Gasteiger partial charge < -0.3 is 9.72 Å². The number of fused-ring (bicyclic) bond motifs is 1. The van der Waals surface area contributed by atoms with E-state index >= 15 is 0 Å². The number of esters is 1. The van der Waals surface area contributed by atoms with E-state index < -0.39 is 23.4 Å². The second kappa shape index (κ2) is 6.97. The zero-order valence-corrected chi connectivity index (χ0v) is 15.2. The first-order valence-corrected chi connectivity index (χ1v) is 8.97. The Labute approximate surface area is 158 Å². The van der Waals surface area contributed by atoms with Crippen LogP contribution in [0.3, 0.4) is 0 Å². The van der Waals surface area contributed by atoms with Crippen LogP contribution in [0.2, 0.25) is 0 Å². The molecule has 1 fully saturated rings. The Morgan fingerprint density at radius 3 is 2.82 bits per heavy atom. The summed E-state index contributed by atoms with van der Waals surface area (Å²) in [7, 11) is 0. The fourth-order valence-corrected chi connectivity index (χ4v) is 3.51. The molecule has 1 aliphatic rings. The number of aromatic amines is 1. The molecule has 2 aromatic heterocycles. The van der Waals surface area contributed by atoms with Crippen molar-refractivity contribution in [2.45, 2.75) is 25.7 Å². The molecule has 1 N–H and O–H groups in total. The first-order chi connectivity index (χ1) is 13.4. The van der Waals surface area contributed by atoms with Gasteiger partial charge in [-0.25, -0.2) is 4.79 Å². The minimum Gasteiger partial charge on any atom is -0.462 e. The van der Waals surface area contributed by atoms with Crippen molar-refractivity contribution in [3.05, 3.63) is 53.5 Å². The van der Waals surface area contributed by atoms with Crippen LogP contribution < -0.4 is 0 Å². The highest BCUT2D eigenvalue weighted by Gasteiger charge is 2.41. The van der Waals surface area contributed by atoms with Crippen LogP contribution in [0.5, 0.6) is 0 Å². The summed E-state index contributed by atoms with van der Waals surface area (Å²) in [4.78, 5) is 17.2. The lowest BCUT2D eigenvalue weighted by atomic mass is 10.1. The van der Waals surface area contributed by atoms with Crippen molar-refractivity contribution in [2.75, 3.05) is 19.7 Å². The number of hydrogen-bond donors (Lipinski definition) is 1. The van der Waals surface area contributed by atoms with Crippen molar-refractivity contribution >= 4 is 16.9 Å². The first kappa shape index (κ1) is 18.5. The summed E-state index contributed by atoms with van der Waals surface area (Å²) in [6.45, 7) is 3.34. The van der Waals surface area contributed by atoms with Crippen LogP contribution in [0.1, 0.15) is 34.6 Å². The van der Waals surface area contributed by atoms with Crippen LogP contribution in [0.4, 0.5) is 13.2 Å². The minimum atomic E-state index is -4.71. The van der Waals surface area contributed by atoms with E-state index in [1.807, 2.05) is 30.5 Å². The Morgan fingerprint density at radius 2 is 2.11 bits per heavy atom. The third-order valence-electron chi connectivity index (χ3n) is 4.88. The van der Waals surface area contributed by atoms with Crippen molar-refractivity contribution < 1.29 is 22.7 Å². The van der Waals surface area contributed by atoms with Gasteiger partial charge in [-0.15, -0.1) is 0 Å². The number of hydrogen-bond acceptors (Lipinski definition) is 4. The quantitative estimate of drug-likeness (QED) is 0.674. The van der Waals surface area contributed by atoms with Gasteiger partial charge in [-0.2, -0.15) is 18.3 Å². The number of rotatable bonds is 5. The Balaban J connectivity index is 1.48. The molecule has 0 bridgehead atoms. The van der Waals surface area contributed by atoms with Gasteiger partial charge >= 0.3 is 12.1 Å². The van der Waals surface area contributed by atoms with Gasteiger partial charge in [0, 0.05) is 37.5 Å². The second-order valence-electron chi connectivity index (χ2n) is 6.80. The first-order valence-electron chi connectivity index (χ1n) is 8.97. The summed E-state index contributed by atoms with van der Waals surface area (Å²) in [6.07, 6.45) is -1.68. The van der Waals surface area contributed by atoms with Gasteiger partial charge in [0.05, 0.1) is 12.6 Å². The fourth-order valence-electron chi connectivity index (χ4n) is 3.51. The van der Waals surface area contributed by atoms with E-state index in [1.54, 1.807) is 6.92 Å². The topological polar surface area (TPSA) is 63.1 Å². The number of alkyl halides is 3. The molecule has 1 aliphatic heterocycles. The van der Waals surface area contributed by atoms with Crippen molar-refractivity contribution in [1.82, 2.24) is 19.7 Å².